The highest BCUT2D eigenvalue weighted by Gasteiger charge is 2.39. The van der Waals surface area contributed by atoms with E-state index < -0.39 is 40.9 Å². The summed E-state index contributed by atoms with van der Waals surface area (Å²) in [6.07, 6.45) is 1.33. The van der Waals surface area contributed by atoms with Crippen LogP contribution in [0.25, 0.3) is 0 Å². The first-order valence-corrected chi connectivity index (χ1v) is 13.8. The Labute approximate surface area is 259 Å². The number of amides is 1. The molecule has 13 heteroatoms. The van der Waals surface area contributed by atoms with Crippen molar-refractivity contribution in [2.24, 2.45) is 5.92 Å². The van der Waals surface area contributed by atoms with Gasteiger partial charge in [-0.3, -0.25) is 9.69 Å². The monoisotopic (exact) mass is 639 g/mol. The Kier molecular flexibility index (Phi) is 11.2. The number of halogens is 6. The van der Waals surface area contributed by atoms with Crippen molar-refractivity contribution in [3.8, 4) is 0 Å². The molecule has 0 saturated heterocycles. The van der Waals surface area contributed by atoms with Gasteiger partial charge in [-0.1, -0.05) is 14.9 Å². The molecule has 0 radical (unpaired) electrons. The maximum atomic E-state index is 13.9. The van der Waals surface area contributed by atoms with Gasteiger partial charge in [-0.05, 0) is 68.0 Å². The van der Waals surface area contributed by atoms with Crippen LogP contribution in [0, 0.1) is 47.7 Å². The fourth-order valence-electron chi connectivity index (χ4n) is 5.87. The normalized spacial score (nSPS) is 19.7. The number of rotatable bonds is 9. The summed E-state index contributed by atoms with van der Waals surface area (Å²) in [7, 11) is 3.30. The number of aromatic nitrogens is 2. The predicted octanol–water partition coefficient (Wildman–Crippen LogP) is 6.71. The Bertz CT molecular complexity index is 1450. The summed E-state index contributed by atoms with van der Waals surface area (Å²) in [5.41, 5.74) is 1.43. The van der Waals surface area contributed by atoms with Crippen molar-refractivity contribution in [1.82, 2.24) is 14.9 Å². The fraction of sp³-hybridized carbons (Fsp3) is 0.469. The molecule has 2 aliphatic rings. The van der Waals surface area contributed by atoms with Gasteiger partial charge >= 0.3 is 0 Å². The third kappa shape index (κ3) is 7.25. The van der Waals surface area contributed by atoms with Crippen LogP contribution in [0.2, 0.25) is 0 Å². The number of nitrogens with zero attached hydrogens (tertiary/aromatic N) is 4. The molecule has 2 heterocycles. The SMILES string of the molecule is C.C.CO[C@H](C)[C@H]1C(=O)Nc2c(C)nc(CC3CC(N(Cc4cc(F)c(F)c(F)c4)Cc4cc(F)c(F)c(F)c4)C3)nc2N1C. The van der Waals surface area contributed by atoms with Crippen molar-refractivity contribution in [3.05, 3.63) is 81.8 Å². The number of carbonyl (C=O) groups is 1. The first kappa shape index (κ1) is 35.8. The van der Waals surface area contributed by atoms with Crippen molar-refractivity contribution in [2.75, 3.05) is 24.4 Å². The van der Waals surface area contributed by atoms with Gasteiger partial charge in [0.1, 0.15) is 17.6 Å². The highest BCUT2D eigenvalue weighted by Crippen LogP contribution is 2.38. The highest BCUT2D eigenvalue weighted by molar-refractivity contribution is 6.03. The van der Waals surface area contributed by atoms with Crippen molar-refractivity contribution >= 4 is 17.4 Å². The van der Waals surface area contributed by atoms with Crippen LogP contribution in [0.15, 0.2) is 24.3 Å². The number of hydrogen-bond donors (Lipinski definition) is 1. The molecule has 2 atom stereocenters. The first-order chi connectivity index (χ1) is 20.4. The summed E-state index contributed by atoms with van der Waals surface area (Å²) in [4.78, 5) is 25.6. The molecule has 0 unspecified atom stereocenters. The molecule has 1 amide bonds. The van der Waals surface area contributed by atoms with Gasteiger partial charge in [0, 0.05) is 39.7 Å². The summed E-state index contributed by atoms with van der Waals surface area (Å²) in [6.45, 7) is 3.50. The van der Waals surface area contributed by atoms with E-state index in [1.807, 2.05) is 0 Å². The van der Waals surface area contributed by atoms with Crippen LogP contribution < -0.4 is 10.2 Å². The minimum Gasteiger partial charge on any atom is -0.379 e. The number of carbonyl (C=O) groups excluding carboxylic acids is 1. The van der Waals surface area contributed by atoms with Crippen LogP contribution in [0.4, 0.5) is 37.8 Å². The van der Waals surface area contributed by atoms with Crippen LogP contribution in [0.3, 0.4) is 0 Å². The minimum absolute atomic E-state index is 0. The minimum atomic E-state index is -1.59. The average molecular weight is 640 g/mol. The van der Waals surface area contributed by atoms with Crippen LogP contribution in [-0.2, 0) is 29.0 Å². The number of benzene rings is 2. The number of likely N-dealkylation sites (N-methyl/N-ethyl adjacent to an activating group) is 1. The predicted molar refractivity (Wildman–Crippen MR) is 160 cm³/mol. The van der Waals surface area contributed by atoms with E-state index in [0.717, 1.165) is 24.3 Å². The molecule has 1 aliphatic heterocycles. The topological polar surface area (TPSA) is 70.6 Å². The lowest BCUT2D eigenvalue weighted by Gasteiger charge is -2.43. The van der Waals surface area contributed by atoms with E-state index >= 15 is 0 Å². The van der Waals surface area contributed by atoms with Crippen LogP contribution in [0.5, 0.6) is 0 Å². The smallest absolute Gasteiger partial charge is 0.249 e. The number of ether oxygens (including phenoxy) is 1. The summed E-state index contributed by atoms with van der Waals surface area (Å²) in [6, 6.07) is 2.77. The Balaban J connectivity index is 0.00000276. The molecular formula is C32H39F6N5O2. The zero-order chi connectivity index (χ0) is 31.2. The van der Waals surface area contributed by atoms with Gasteiger partial charge in [0.15, 0.2) is 40.7 Å². The van der Waals surface area contributed by atoms with E-state index in [1.165, 1.54) is 7.11 Å². The summed E-state index contributed by atoms with van der Waals surface area (Å²) in [5.74, 6) is -7.50. The molecule has 1 aliphatic carbocycles. The van der Waals surface area contributed by atoms with Crippen molar-refractivity contribution in [1.29, 1.82) is 0 Å². The largest absolute Gasteiger partial charge is 0.379 e. The zero-order valence-corrected chi connectivity index (χ0v) is 24.0. The van der Waals surface area contributed by atoms with Crippen LogP contribution >= 0.6 is 0 Å². The molecule has 1 saturated carbocycles. The lowest BCUT2D eigenvalue weighted by molar-refractivity contribution is -0.120. The van der Waals surface area contributed by atoms with E-state index in [1.54, 1.807) is 30.7 Å². The van der Waals surface area contributed by atoms with Crippen molar-refractivity contribution in [3.63, 3.8) is 0 Å². The Hall–Kier alpha value is -3.71. The lowest BCUT2D eigenvalue weighted by Crippen LogP contribution is -2.53. The number of aryl methyl sites for hydroxylation is 1. The average Bonchev–Trinajstić information content (AvgIpc) is 2.92. The molecule has 0 spiro atoms. The molecule has 7 nitrogen and oxygen atoms in total. The Morgan fingerprint density at radius 1 is 0.933 bits per heavy atom. The second-order valence-corrected chi connectivity index (χ2v) is 11.3. The standard InChI is InChI=1S/C30H31F6N5O2.2CH4/c1-14-27-29(40(3)28(15(2)43-4)30(42)39-27)38-24(37-14)11-16-5-19(6-16)41(12-17-7-20(31)25(35)21(32)8-17)13-18-9-22(33)26(36)23(34)10-18;;/h7-10,15-16,19,28H,5-6,11-13H2,1-4H3,(H,39,42);2*1H4/t15-,16?,19?,28+;;/m1../s1. The van der Waals surface area contributed by atoms with Gasteiger partial charge < -0.3 is 15.0 Å². The number of methoxy groups -OCH3 is 1. The molecular weight excluding hydrogens is 600 g/mol. The second-order valence-electron chi connectivity index (χ2n) is 11.3. The number of nitrogens with one attached hydrogen (secondary N) is 1. The van der Waals surface area contributed by atoms with Gasteiger partial charge in [-0.2, -0.15) is 0 Å². The van der Waals surface area contributed by atoms with Gasteiger partial charge in [0.25, 0.3) is 0 Å². The Morgan fingerprint density at radius 2 is 1.42 bits per heavy atom. The quantitative estimate of drug-likeness (QED) is 0.208. The lowest BCUT2D eigenvalue weighted by atomic mass is 9.76. The Morgan fingerprint density at radius 3 is 1.89 bits per heavy atom. The molecule has 5 rings (SSSR count). The molecule has 2 aromatic carbocycles. The first-order valence-electron chi connectivity index (χ1n) is 13.8. The molecule has 1 fully saturated rings. The summed E-state index contributed by atoms with van der Waals surface area (Å²) in [5, 5.41) is 2.88. The van der Waals surface area contributed by atoms with Gasteiger partial charge in [0.2, 0.25) is 5.91 Å². The van der Waals surface area contributed by atoms with Gasteiger partial charge in [0.05, 0.1) is 11.8 Å². The second kappa shape index (κ2) is 14.2. The van der Waals surface area contributed by atoms with Crippen LogP contribution in [0.1, 0.15) is 57.3 Å². The van der Waals surface area contributed by atoms with E-state index in [4.69, 9.17) is 9.72 Å². The third-order valence-electron chi connectivity index (χ3n) is 8.26. The highest BCUT2D eigenvalue weighted by atomic mass is 19.2. The van der Waals surface area contributed by atoms with Crippen molar-refractivity contribution in [2.45, 2.75) is 79.2 Å². The van der Waals surface area contributed by atoms with E-state index in [9.17, 15) is 31.1 Å². The van der Waals surface area contributed by atoms with E-state index in [2.05, 4.69) is 10.3 Å². The van der Waals surface area contributed by atoms with Crippen molar-refractivity contribution < 1.29 is 35.9 Å². The molecule has 1 N–H and O–H groups in total. The molecule has 3 aromatic rings. The summed E-state index contributed by atoms with van der Waals surface area (Å²) >= 11 is 0. The van der Waals surface area contributed by atoms with E-state index in [0.29, 0.717) is 42.3 Å². The molecule has 0 bridgehead atoms. The summed E-state index contributed by atoms with van der Waals surface area (Å²) < 4.78 is 88.2. The third-order valence-corrected chi connectivity index (χ3v) is 8.26. The number of fused-ring (bicyclic) bond motifs is 1. The van der Waals surface area contributed by atoms with Gasteiger partial charge in [-0.25, -0.2) is 36.3 Å². The van der Waals surface area contributed by atoms with E-state index in [-0.39, 0.29) is 63.0 Å². The maximum Gasteiger partial charge on any atom is 0.249 e. The number of hydrogen-bond acceptors (Lipinski definition) is 6. The number of anilines is 2. The molecule has 1 aromatic heterocycles. The zero-order valence-electron chi connectivity index (χ0n) is 24.0. The molecule has 45 heavy (non-hydrogen) atoms. The molecule has 246 valence electrons. The van der Waals surface area contributed by atoms with Crippen LogP contribution in [-0.4, -0.2) is 53.1 Å². The maximum absolute atomic E-state index is 13.9. The van der Waals surface area contributed by atoms with Gasteiger partial charge in [-0.15, -0.1) is 0 Å². The fourth-order valence-corrected chi connectivity index (χ4v) is 5.87.